The summed E-state index contributed by atoms with van der Waals surface area (Å²) in [5.74, 6) is -1.73. The number of alkyl halides is 3. The third-order valence-corrected chi connectivity index (χ3v) is 7.64. The Bertz CT molecular complexity index is 1830. The van der Waals surface area contributed by atoms with Gasteiger partial charge in [0.2, 0.25) is 0 Å². The van der Waals surface area contributed by atoms with E-state index in [1.807, 2.05) is 0 Å². The third-order valence-electron chi connectivity index (χ3n) is 5.90. The first-order valence-corrected chi connectivity index (χ1v) is 14.2. The van der Waals surface area contributed by atoms with Gasteiger partial charge in [0.1, 0.15) is 22.5 Å². The van der Waals surface area contributed by atoms with Crippen LogP contribution in [-0.4, -0.2) is 53.1 Å². The SMILES string of the molecule is CCOC(=O)Nc1ccc2cc(S(=O)(=O)CC)c(-c3c(F)c4ncc(C(F)(F)F)cc4n3C(=O)OC(C)(C)C)nc2c1. The van der Waals surface area contributed by atoms with Crippen LogP contribution in [0.1, 0.15) is 40.2 Å². The van der Waals surface area contributed by atoms with Crippen molar-refractivity contribution in [3.8, 4) is 11.4 Å². The third kappa shape index (κ3) is 6.00. The molecule has 224 valence electrons. The van der Waals surface area contributed by atoms with Crippen molar-refractivity contribution in [2.24, 2.45) is 0 Å². The maximum Gasteiger partial charge on any atom is 0.419 e. The second-order valence-corrected chi connectivity index (χ2v) is 12.3. The first-order chi connectivity index (χ1) is 19.5. The van der Waals surface area contributed by atoms with Gasteiger partial charge in [-0.1, -0.05) is 13.0 Å². The fraction of sp³-hybridized carbons (Fsp3) is 0.333. The summed E-state index contributed by atoms with van der Waals surface area (Å²) in [4.78, 5) is 32.8. The van der Waals surface area contributed by atoms with E-state index >= 15 is 4.39 Å². The molecule has 4 rings (SSSR count). The second kappa shape index (κ2) is 10.9. The first-order valence-electron chi connectivity index (χ1n) is 12.6. The monoisotopic (exact) mass is 610 g/mol. The molecular formula is C27H26F4N4O6S. The Morgan fingerprint density at radius 2 is 1.76 bits per heavy atom. The largest absolute Gasteiger partial charge is 0.450 e. The molecule has 3 aromatic heterocycles. The van der Waals surface area contributed by atoms with E-state index in [2.05, 4.69) is 15.3 Å². The molecule has 0 fully saturated rings. The van der Waals surface area contributed by atoms with E-state index in [1.165, 1.54) is 52.0 Å². The minimum absolute atomic E-state index is 0.0682. The van der Waals surface area contributed by atoms with Crippen molar-refractivity contribution in [1.29, 1.82) is 0 Å². The van der Waals surface area contributed by atoms with E-state index in [-0.39, 0.29) is 23.2 Å². The summed E-state index contributed by atoms with van der Waals surface area (Å²) in [6.45, 7) is 7.52. The van der Waals surface area contributed by atoms with Gasteiger partial charge in [-0.2, -0.15) is 13.2 Å². The van der Waals surface area contributed by atoms with Gasteiger partial charge in [-0.15, -0.1) is 0 Å². The van der Waals surface area contributed by atoms with Crippen LogP contribution in [0.5, 0.6) is 0 Å². The van der Waals surface area contributed by atoms with Gasteiger partial charge in [-0.3, -0.25) is 10.3 Å². The van der Waals surface area contributed by atoms with Crippen molar-refractivity contribution >= 4 is 49.6 Å². The molecule has 4 aromatic rings. The number of sulfone groups is 1. The van der Waals surface area contributed by atoms with Crippen LogP contribution in [0.25, 0.3) is 33.3 Å². The number of fused-ring (bicyclic) bond motifs is 2. The fourth-order valence-electron chi connectivity index (χ4n) is 4.06. The molecule has 15 heteroatoms. The highest BCUT2D eigenvalue weighted by Gasteiger charge is 2.36. The number of nitrogens with one attached hydrogen (secondary N) is 1. The van der Waals surface area contributed by atoms with Crippen molar-refractivity contribution in [2.45, 2.75) is 51.3 Å². The summed E-state index contributed by atoms with van der Waals surface area (Å²) in [6, 6.07) is 6.00. The molecule has 0 atom stereocenters. The number of benzene rings is 1. The number of aromatic nitrogens is 3. The lowest BCUT2D eigenvalue weighted by molar-refractivity contribution is -0.137. The average Bonchev–Trinajstić information content (AvgIpc) is 3.18. The molecule has 0 spiro atoms. The Balaban J connectivity index is 2.11. The summed E-state index contributed by atoms with van der Waals surface area (Å²) in [5, 5.41) is 2.75. The molecule has 0 bridgehead atoms. The van der Waals surface area contributed by atoms with E-state index in [1.54, 1.807) is 6.92 Å². The van der Waals surface area contributed by atoms with Gasteiger partial charge in [0.05, 0.1) is 33.9 Å². The minimum atomic E-state index is -4.89. The van der Waals surface area contributed by atoms with Crippen molar-refractivity contribution < 1.29 is 45.0 Å². The molecule has 3 heterocycles. The highest BCUT2D eigenvalue weighted by atomic mass is 32.2. The average molecular weight is 611 g/mol. The Hall–Kier alpha value is -4.27. The Kier molecular flexibility index (Phi) is 7.93. The molecule has 1 amide bonds. The van der Waals surface area contributed by atoms with Gasteiger partial charge < -0.3 is 9.47 Å². The van der Waals surface area contributed by atoms with Crippen LogP contribution in [0.2, 0.25) is 0 Å². The van der Waals surface area contributed by atoms with Crippen LogP contribution in [0.4, 0.5) is 32.8 Å². The lowest BCUT2D eigenvalue weighted by Crippen LogP contribution is -2.28. The molecule has 1 N–H and O–H groups in total. The Morgan fingerprint density at radius 1 is 1.07 bits per heavy atom. The van der Waals surface area contributed by atoms with Gasteiger partial charge in [-0.25, -0.2) is 31.9 Å². The second-order valence-electron chi connectivity index (χ2n) is 10.1. The number of ether oxygens (including phenoxy) is 2. The molecule has 0 unspecified atom stereocenters. The fourth-order valence-corrected chi connectivity index (χ4v) is 5.11. The summed E-state index contributed by atoms with van der Waals surface area (Å²) in [5.41, 5.74) is -4.73. The molecule has 0 radical (unpaired) electrons. The van der Waals surface area contributed by atoms with E-state index in [0.29, 0.717) is 16.8 Å². The zero-order valence-electron chi connectivity index (χ0n) is 23.1. The van der Waals surface area contributed by atoms with Crippen LogP contribution >= 0.6 is 0 Å². The highest BCUT2D eigenvalue weighted by Crippen LogP contribution is 2.39. The standard InChI is InChI=1S/C27H26F4N4O6S/c1-6-40-24(36)33-16-9-8-14-10-19(42(38,39)7-2)22(34-17(14)12-16)23-20(28)21-18(11-15(13-32-21)27(29,30)31)35(23)25(37)41-26(3,4)5/h8-13H,6-7H2,1-5H3,(H,33,36). The number of carbonyl (C=O) groups is 2. The number of hydrogen-bond acceptors (Lipinski definition) is 8. The normalized spacial score (nSPS) is 12.5. The molecule has 1 aromatic carbocycles. The zero-order valence-corrected chi connectivity index (χ0v) is 23.9. The van der Waals surface area contributed by atoms with E-state index in [0.717, 1.165) is 0 Å². The zero-order chi connectivity index (χ0) is 31.2. The number of nitrogens with zero attached hydrogens (tertiary/aromatic N) is 3. The maximum atomic E-state index is 16.1. The van der Waals surface area contributed by atoms with Crippen LogP contribution in [-0.2, 0) is 25.5 Å². The van der Waals surface area contributed by atoms with E-state index in [4.69, 9.17) is 9.47 Å². The van der Waals surface area contributed by atoms with Crippen molar-refractivity contribution in [3.05, 3.63) is 47.9 Å². The summed E-state index contributed by atoms with van der Waals surface area (Å²) >= 11 is 0. The molecule has 0 aliphatic carbocycles. The van der Waals surface area contributed by atoms with Gasteiger partial charge >= 0.3 is 18.4 Å². The van der Waals surface area contributed by atoms with Gasteiger partial charge in [0, 0.05) is 17.3 Å². The molecule has 10 nitrogen and oxygen atoms in total. The molecule has 0 saturated heterocycles. The number of amides is 1. The lowest BCUT2D eigenvalue weighted by atomic mass is 10.1. The maximum absolute atomic E-state index is 16.1. The Labute approximate surface area is 237 Å². The predicted octanol–water partition coefficient (Wildman–Crippen LogP) is 6.55. The van der Waals surface area contributed by atoms with Crippen LogP contribution < -0.4 is 5.32 Å². The summed E-state index contributed by atoms with van der Waals surface area (Å²) in [7, 11) is -4.15. The van der Waals surface area contributed by atoms with Crippen LogP contribution in [0.15, 0.2) is 41.4 Å². The number of halogens is 4. The predicted molar refractivity (Wildman–Crippen MR) is 145 cm³/mol. The van der Waals surface area contributed by atoms with E-state index in [9.17, 15) is 31.2 Å². The quantitative estimate of drug-likeness (QED) is 0.252. The van der Waals surface area contributed by atoms with Crippen molar-refractivity contribution in [1.82, 2.24) is 14.5 Å². The molecular weight excluding hydrogens is 584 g/mol. The topological polar surface area (TPSA) is 129 Å². The number of carbonyl (C=O) groups excluding carboxylic acids is 2. The van der Waals surface area contributed by atoms with Gasteiger partial charge in [-0.05, 0) is 52.0 Å². The summed E-state index contributed by atoms with van der Waals surface area (Å²) in [6.07, 6.45) is -6.54. The number of hydrogen-bond donors (Lipinski definition) is 1. The Morgan fingerprint density at radius 3 is 2.36 bits per heavy atom. The first kappa shape index (κ1) is 30.7. The molecule has 0 aliphatic heterocycles. The van der Waals surface area contributed by atoms with Crippen LogP contribution in [0.3, 0.4) is 0 Å². The number of anilines is 1. The number of pyridine rings is 2. The highest BCUT2D eigenvalue weighted by molar-refractivity contribution is 7.91. The van der Waals surface area contributed by atoms with Gasteiger partial charge in [0.15, 0.2) is 15.7 Å². The van der Waals surface area contributed by atoms with Gasteiger partial charge in [0.25, 0.3) is 0 Å². The van der Waals surface area contributed by atoms with Crippen molar-refractivity contribution in [3.63, 3.8) is 0 Å². The molecule has 0 aliphatic rings. The van der Waals surface area contributed by atoms with E-state index < -0.39 is 78.3 Å². The molecule has 42 heavy (non-hydrogen) atoms. The van der Waals surface area contributed by atoms with Crippen LogP contribution in [0, 0.1) is 5.82 Å². The smallest absolute Gasteiger partial charge is 0.419 e. The molecule has 0 saturated carbocycles. The summed E-state index contributed by atoms with van der Waals surface area (Å²) < 4.78 is 94.0. The number of rotatable bonds is 5. The lowest BCUT2D eigenvalue weighted by Gasteiger charge is -2.21. The minimum Gasteiger partial charge on any atom is -0.450 e. The van der Waals surface area contributed by atoms with Crippen molar-refractivity contribution in [2.75, 3.05) is 17.7 Å².